The Hall–Kier alpha value is -2.07. The Bertz CT molecular complexity index is 653. The second-order valence-electron chi connectivity index (χ2n) is 5.89. The van der Waals surface area contributed by atoms with E-state index in [9.17, 15) is 4.39 Å². The lowest BCUT2D eigenvalue weighted by Crippen LogP contribution is -2.47. The Kier molecular flexibility index (Phi) is 4.82. The SMILES string of the molecule is COc1ccccc1N1CCN(C(C)c2ccccc2F)CC1. The van der Waals surface area contributed by atoms with Crippen molar-refractivity contribution in [3.63, 3.8) is 0 Å². The standard InChI is InChI=1S/C19H23FN2O/c1-15(16-7-3-4-8-17(16)20)21-11-13-22(14-12-21)18-9-5-6-10-19(18)23-2/h3-10,15H,11-14H2,1-2H3. The fourth-order valence-corrected chi connectivity index (χ4v) is 3.25. The molecular weight excluding hydrogens is 291 g/mol. The largest absolute Gasteiger partial charge is 0.495 e. The minimum absolute atomic E-state index is 0.0935. The summed E-state index contributed by atoms with van der Waals surface area (Å²) in [5.41, 5.74) is 1.91. The van der Waals surface area contributed by atoms with Crippen LogP contribution in [0.4, 0.5) is 10.1 Å². The van der Waals surface area contributed by atoms with E-state index in [1.807, 2.05) is 30.3 Å². The molecule has 1 unspecified atom stereocenters. The number of hydrogen-bond donors (Lipinski definition) is 0. The quantitative estimate of drug-likeness (QED) is 0.855. The van der Waals surface area contributed by atoms with E-state index < -0.39 is 0 Å². The monoisotopic (exact) mass is 314 g/mol. The summed E-state index contributed by atoms with van der Waals surface area (Å²) < 4.78 is 19.4. The van der Waals surface area contributed by atoms with Crippen LogP contribution < -0.4 is 9.64 Å². The molecule has 4 heteroatoms. The average Bonchev–Trinajstić information content (AvgIpc) is 2.61. The summed E-state index contributed by atoms with van der Waals surface area (Å²) in [7, 11) is 1.70. The van der Waals surface area contributed by atoms with Gasteiger partial charge in [0.15, 0.2) is 0 Å². The highest BCUT2D eigenvalue weighted by Gasteiger charge is 2.24. The van der Waals surface area contributed by atoms with Crippen LogP contribution in [-0.2, 0) is 0 Å². The molecule has 2 aromatic carbocycles. The molecule has 1 aliphatic heterocycles. The van der Waals surface area contributed by atoms with Crippen molar-refractivity contribution in [3.05, 3.63) is 59.9 Å². The van der Waals surface area contributed by atoms with Crippen LogP contribution in [0.25, 0.3) is 0 Å². The smallest absolute Gasteiger partial charge is 0.142 e. The predicted molar refractivity (Wildman–Crippen MR) is 91.6 cm³/mol. The van der Waals surface area contributed by atoms with Gasteiger partial charge in [-0.25, -0.2) is 4.39 Å². The molecule has 2 aromatic rings. The van der Waals surface area contributed by atoms with Gasteiger partial charge in [-0.2, -0.15) is 0 Å². The number of hydrogen-bond acceptors (Lipinski definition) is 3. The number of halogens is 1. The summed E-state index contributed by atoms with van der Waals surface area (Å²) in [6, 6.07) is 15.3. The number of benzene rings is 2. The number of ether oxygens (including phenoxy) is 1. The number of piperazine rings is 1. The lowest BCUT2D eigenvalue weighted by Gasteiger charge is -2.39. The molecule has 1 aliphatic rings. The van der Waals surface area contributed by atoms with Gasteiger partial charge in [0.05, 0.1) is 12.8 Å². The first-order chi connectivity index (χ1) is 11.2. The molecule has 1 saturated heterocycles. The first-order valence-corrected chi connectivity index (χ1v) is 8.07. The lowest BCUT2D eigenvalue weighted by molar-refractivity contribution is 0.195. The summed E-state index contributed by atoms with van der Waals surface area (Å²) in [5, 5.41) is 0. The van der Waals surface area contributed by atoms with Gasteiger partial charge in [-0.3, -0.25) is 4.90 Å². The minimum Gasteiger partial charge on any atom is -0.495 e. The first kappa shape index (κ1) is 15.8. The predicted octanol–water partition coefficient (Wildman–Crippen LogP) is 3.72. The molecular formula is C19H23FN2O. The molecule has 0 radical (unpaired) electrons. The van der Waals surface area contributed by atoms with Gasteiger partial charge >= 0.3 is 0 Å². The third-order valence-electron chi connectivity index (χ3n) is 4.64. The number of para-hydroxylation sites is 2. The molecule has 3 nitrogen and oxygen atoms in total. The second kappa shape index (κ2) is 7.01. The summed E-state index contributed by atoms with van der Waals surface area (Å²) >= 11 is 0. The van der Waals surface area contributed by atoms with Crippen molar-refractivity contribution in [1.82, 2.24) is 4.90 Å². The number of nitrogens with zero attached hydrogens (tertiary/aromatic N) is 2. The molecule has 0 spiro atoms. The Morgan fingerprint density at radius 3 is 2.30 bits per heavy atom. The van der Waals surface area contributed by atoms with Crippen LogP contribution >= 0.6 is 0 Å². The van der Waals surface area contributed by atoms with Crippen molar-refractivity contribution in [2.45, 2.75) is 13.0 Å². The van der Waals surface area contributed by atoms with Crippen molar-refractivity contribution in [1.29, 1.82) is 0 Å². The van der Waals surface area contributed by atoms with Gasteiger partial charge in [-0.15, -0.1) is 0 Å². The van der Waals surface area contributed by atoms with E-state index in [0.717, 1.165) is 43.2 Å². The van der Waals surface area contributed by atoms with Crippen LogP contribution in [0.2, 0.25) is 0 Å². The fraction of sp³-hybridized carbons (Fsp3) is 0.368. The average molecular weight is 314 g/mol. The summed E-state index contributed by atoms with van der Waals surface area (Å²) in [6.45, 7) is 5.73. The molecule has 0 saturated carbocycles. The van der Waals surface area contributed by atoms with Crippen molar-refractivity contribution in [2.75, 3.05) is 38.2 Å². The molecule has 1 fully saturated rings. The molecule has 23 heavy (non-hydrogen) atoms. The third kappa shape index (κ3) is 3.32. The number of methoxy groups -OCH3 is 1. The van der Waals surface area contributed by atoms with Gasteiger partial charge in [-0.05, 0) is 25.1 Å². The van der Waals surface area contributed by atoms with Gasteiger partial charge in [0, 0.05) is 37.8 Å². The van der Waals surface area contributed by atoms with Crippen LogP contribution in [0.5, 0.6) is 5.75 Å². The topological polar surface area (TPSA) is 15.7 Å². The van der Waals surface area contributed by atoms with Gasteiger partial charge in [0.1, 0.15) is 11.6 Å². The summed E-state index contributed by atoms with van der Waals surface area (Å²) in [5.74, 6) is 0.787. The Morgan fingerprint density at radius 2 is 1.61 bits per heavy atom. The van der Waals surface area contributed by atoms with Crippen LogP contribution in [0.1, 0.15) is 18.5 Å². The molecule has 0 aromatic heterocycles. The van der Waals surface area contributed by atoms with E-state index in [-0.39, 0.29) is 11.9 Å². The Labute approximate surface area is 137 Å². The number of anilines is 1. The van der Waals surface area contributed by atoms with Crippen LogP contribution in [-0.4, -0.2) is 38.2 Å². The van der Waals surface area contributed by atoms with E-state index in [2.05, 4.69) is 22.8 Å². The fourth-order valence-electron chi connectivity index (χ4n) is 3.25. The van der Waals surface area contributed by atoms with E-state index >= 15 is 0 Å². The maximum Gasteiger partial charge on any atom is 0.142 e. The summed E-state index contributed by atoms with van der Waals surface area (Å²) in [6.07, 6.45) is 0. The molecule has 3 rings (SSSR count). The molecule has 0 aliphatic carbocycles. The van der Waals surface area contributed by atoms with E-state index in [0.29, 0.717) is 0 Å². The van der Waals surface area contributed by atoms with E-state index in [1.54, 1.807) is 13.2 Å². The van der Waals surface area contributed by atoms with Crippen LogP contribution in [0.3, 0.4) is 0 Å². The zero-order valence-corrected chi connectivity index (χ0v) is 13.7. The third-order valence-corrected chi connectivity index (χ3v) is 4.64. The maximum atomic E-state index is 14.0. The van der Waals surface area contributed by atoms with Gasteiger partial charge in [0.2, 0.25) is 0 Å². The maximum absolute atomic E-state index is 14.0. The van der Waals surface area contributed by atoms with Gasteiger partial charge in [-0.1, -0.05) is 30.3 Å². The van der Waals surface area contributed by atoms with Gasteiger partial charge in [0.25, 0.3) is 0 Å². The highest BCUT2D eigenvalue weighted by molar-refractivity contribution is 5.58. The van der Waals surface area contributed by atoms with Crippen molar-refractivity contribution < 1.29 is 9.13 Å². The van der Waals surface area contributed by atoms with Crippen molar-refractivity contribution in [3.8, 4) is 5.75 Å². The Morgan fingerprint density at radius 1 is 0.957 bits per heavy atom. The lowest BCUT2D eigenvalue weighted by atomic mass is 10.1. The van der Waals surface area contributed by atoms with Crippen molar-refractivity contribution in [2.24, 2.45) is 0 Å². The normalized spacial score (nSPS) is 17.1. The second-order valence-corrected chi connectivity index (χ2v) is 5.89. The van der Waals surface area contributed by atoms with E-state index in [1.165, 1.54) is 6.07 Å². The molecule has 0 amide bonds. The Balaban J connectivity index is 1.68. The first-order valence-electron chi connectivity index (χ1n) is 8.07. The van der Waals surface area contributed by atoms with Crippen molar-refractivity contribution >= 4 is 5.69 Å². The van der Waals surface area contributed by atoms with Crippen LogP contribution in [0.15, 0.2) is 48.5 Å². The zero-order valence-electron chi connectivity index (χ0n) is 13.7. The molecule has 122 valence electrons. The molecule has 1 heterocycles. The summed E-state index contributed by atoms with van der Waals surface area (Å²) in [4.78, 5) is 4.67. The minimum atomic E-state index is -0.118. The van der Waals surface area contributed by atoms with Crippen LogP contribution in [0, 0.1) is 5.82 Å². The highest BCUT2D eigenvalue weighted by Crippen LogP contribution is 2.30. The highest BCUT2D eigenvalue weighted by atomic mass is 19.1. The van der Waals surface area contributed by atoms with Gasteiger partial charge < -0.3 is 9.64 Å². The molecule has 0 N–H and O–H groups in total. The molecule has 0 bridgehead atoms. The number of rotatable bonds is 4. The zero-order chi connectivity index (χ0) is 16.2. The van der Waals surface area contributed by atoms with E-state index in [4.69, 9.17) is 4.74 Å². The molecule has 1 atom stereocenters.